The Bertz CT molecular complexity index is 520. The van der Waals surface area contributed by atoms with Crippen LogP contribution in [0.3, 0.4) is 0 Å². The topological polar surface area (TPSA) is 101 Å². The van der Waals surface area contributed by atoms with Crippen LogP contribution in [-0.2, 0) is 5.75 Å². The third-order valence-electron chi connectivity index (χ3n) is 1.94. The van der Waals surface area contributed by atoms with Gasteiger partial charge in [-0.2, -0.15) is 10.2 Å². The third-order valence-corrected chi connectivity index (χ3v) is 3.22. The van der Waals surface area contributed by atoms with E-state index in [1.54, 1.807) is 6.92 Å². The zero-order valence-corrected chi connectivity index (χ0v) is 12.6. The van der Waals surface area contributed by atoms with Crippen molar-refractivity contribution < 1.29 is 0 Å². The lowest BCUT2D eigenvalue weighted by molar-refractivity contribution is 1.07. The van der Waals surface area contributed by atoms with Crippen molar-refractivity contribution in [2.45, 2.75) is 12.7 Å². The van der Waals surface area contributed by atoms with Crippen molar-refractivity contribution in [3.8, 4) is 0 Å². The molecule has 1 aromatic carbocycles. The minimum atomic E-state index is -0.0975. The predicted octanol–water partition coefficient (Wildman–Crippen LogP) is 1.43. The highest BCUT2D eigenvalue weighted by molar-refractivity contribution is 8.22. The molecule has 0 radical (unpaired) electrons. The summed E-state index contributed by atoms with van der Waals surface area (Å²) in [6.07, 6.45) is 1.49. The van der Waals surface area contributed by atoms with Gasteiger partial charge in [-0.15, -0.1) is 5.10 Å². The van der Waals surface area contributed by atoms with Crippen molar-refractivity contribution in [2.24, 2.45) is 26.8 Å². The molecule has 0 spiro atoms. The average Bonchev–Trinajstić information content (AvgIpc) is 2.44. The molecular weight excluding hydrogens is 292 g/mol. The molecule has 1 aromatic rings. The molecule has 6 nitrogen and oxygen atoms in total. The number of hydrazone groups is 1. The van der Waals surface area contributed by atoms with Gasteiger partial charge < -0.3 is 11.5 Å². The molecule has 0 saturated heterocycles. The number of nitrogens with two attached hydrogens (primary N) is 2. The van der Waals surface area contributed by atoms with Gasteiger partial charge >= 0.3 is 0 Å². The van der Waals surface area contributed by atoms with Gasteiger partial charge in [-0.3, -0.25) is 5.43 Å². The highest BCUT2D eigenvalue weighted by Crippen LogP contribution is 2.12. The molecular formula is C12H16N6S2. The van der Waals surface area contributed by atoms with Gasteiger partial charge in [0.25, 0.3) is 0 Å². The molecule has 0 bridgehead atoms. The Kier molecular flexibility index (Phi) is 7.30. The summed E-state index contributed by atoms with van der Waals surface area (Å²) in [6, 6.07) is 10.1. The largest absolute Gasteiger partial charge is 0.369 e. The minimum Gasteiger partial charge on any atom is -0.369 e. The molecule has 1 rings (SSSR count). The van der Waals surface area contributed by atoms with E-state index in [0.29, 0.717) is 10.0 Å². The van der Waals surface area contributed by atoms with Crippen molar-refractivity contribution in [3.05, 3.63) is 35.9 Å². The molecule has 0 aliphatic rings. The molecule has 8 heteroatoms. The summed E-state index contributed by atoms with van der Waals surface area (Å²) in [5, 5.41) is 11.2. The van der Waals surface area contributed by atoms with Gasteiger partial charge in [0.15, 0.2) is 4.32 Å². The predicted molar refractivity (Wildman–Crippen MR) is 90.9 cm³/mol. The Hall–Kier alpha value is -1.93. The standard InChI is InChI=1S/C12H16N6S2/c1-9(16-17-11(13)14)7-15-18-12(19)20-8-10-5-3-2-4-6-10/h2-7H,8H2,1H3,(H,18,19)(H4,13,14,17). The molecule has 0 amide bonds. The van der Waals surface area contributed by atoms with E-state index in [9.17, 15) is 0 Å². The molecule has 20 heavy (non-hydrogen) atoms. The number of thioether (sulfide) groups is 1. The normalized spacial score (nSPS) is 11.3. The molecule has 0 aliphatic heterocycles. The fourth-order valence-electron chi connectivity index (χ4n) is 1.10. The third kappa shape index (κ3) is 7.49. The summed E-state index contributed by atoms with van der Waals surface area (Å²) < 4.78 is 0.583. The van der Waals surface area contributed by atoms with Crippen LogP contribution in [0.1, 0.15) is 12.5 Å². The molecule has 0 aliphatic carbocycles. The SMILES string of the molecule is CC(C=NNC(=S)SCc1ccccc1)=NN=C(N)N. The van der Waals surface area contributed by atoms with Gasteiger partial charge in [0.1, 0.15) is 0 Å². The lowest BCUT2D eigenvalue weighted by Crippen LogP contribution is -2.22. The van der Waals surface area contributed by atoms with Gasteiger partial charge in [0, 0.05) is 5.75 Å². The zero-order valence-electron chi connectivity index (χ0n) is 11.0. The quantitative estimate of drug-likeness (QED) is 0.330. The lowest BCUT2D eigenvalue weighted by Gasteiger charge is -2.02. The van der Waals surface area contributed by atoms with E-state index < -0.39 is 0 Å². The number of rotatable bonds is 5. The van der Waals surface area contributed by atoms with Crippen LogP contribution in [0.4, 0.5) is 0 Å². The molecule has 0 aromatic heterocycles. The fraction of sp³-hybridized carbons (Fsp3) is 0.167. The van der Waals surface area contributed by atoms with Crippen molar-refractivity contribution in [3.63, 3.8) is 0 Å². The lowest BCUT2D eigenvalue weighted by atomic mass is 10.2. The summed E-state index contributed by atoms with van der Waals surface area (Å²) in [7, 11) is 0. The second-order valence-electron chi connectivity index (χ2n) is 3.70. The second kappa shape index (κ2) is 9.05. The van der Waals surface area contributed by atoms with Gasteiger partial charge in [0.05, 0.1) is 11.9 Å². The number of thiocarbonyl (C=S) groups is 1. The van der Waals surface area contributed by atoms with Crippen LogP contribution < -0.4 is 16.9 Å². The van der Waals surface area contributed by atoms with E-state index in [1.165, 1.54) is 23.5 Å². The Morgan fingerprint density at radius 1 is 1.30 bits per heavy atom. The molecule has 0 fully saturated rings. The van der Waals surface area contributed by atoms with E-state index in [0.717, 1.165) is 5.75 Å². The smallest absolute Gasteiger partial charge is 0.211 e. The van der Waals surface area contributed by atoms with Gasteiger partial charge in [-0.1, -0.05) is 54.3 Å². The minimum absolute atomic E-state index is 0.0975. The Balaban J connectivity index is 2.33. The molecule has 0 heterocycles. The van der Waals surface area contributed by atoms with E-state index >= 15 is 0 Å². The molecule has 0 atom stereocenters. The van der Waals surface area contributed by atoms with Crippen LogP contribution in [0.25, 0.3) is 0 Å². The average molecular weight is 308 g/mol. The van der Waals surface area contributed by atoms with E-state index in [1.807, 2.05) is 30.3 Å². The van der Waals surface area contributed by atoms with Crippen LogP contribution in [0, 0.1) is 0 Å². The number of benzene rings is 1. The maximum atomic E-state index is 5.15. The molecule has 106 valence electrons. The first-order chi connectivity index (χ1) is 9.58. The summed E-state index contributed by atoms with van der Waals surface area (Å²) in [5.41, 5.74) is 14.8. The highest BCUT2D eigenvalue weighted by atomic mass is 32.2. The van der Waals surface area contributed by atoms with Crippen molar-refractivity contribution in [1.82, 2.24) is 5.43 Å². The van der Waals surface area contributed by atoms with Crippen LogP contribution in [0.5, 0.6) is 0 Å². The van der Waals surface area contributed by atoms with E-state index in [2.05, 4.69) is 20.7 Å². The van der Waals surface area contributed by atoms with Crippen molar-refractivity contribution in [2.75, 3.05) is 0 Å². The maximum Gasteiger partial charge on any atom is 0.211 e. The first kappa shape index (κ1) is 16.1. The summed E-state index contributed by atoms with van der Waals surface area (Å²) >= 11 is 6.64. The van der Waals surface area contributed by atoms with Crippen LogP contribution in [-0.4, -0.2) is 22.2 Å². The Labute approximate surface area is 127 Å². The number of nitrogens with zero attached hydrogens (tertiary/aromatic N) is 3. The van der Waals surface area contributed by atoms with Gasteiger partial charge in [0.2, 0.25) is 5.96 Å². The van der Waals surface area contributed by atoms with Crippen LogP contribution >= 0.6 is 24.0 Å². The Morgan fingerprint density at radius 3 is 2.65 bits per heavy atom. The van der Waals surface area contributed by atoms with Crippen LogP contribution in [0.15, 0.2) is 45.6 Å². The van der Waals surface area contributed by atoms with E-state index in [4.69, 9.17) is 23.7 Å². The maximum absolute atomic E-state index is 5.15. The summed E-state index contributed by atoms with van der Waals surface area (Å²) in [6.45, 7) is 1.72. The van der Waals surface area contributed by atoms with Gasteiger partial charge in [-0.05, 0) is 12.5 Å². The molecule has 0 saturated carbocycles. The monoisotopic (exact) mass is 308 g/mol. The fourth-order valence-corrected chi connectivity index (χ4v) is 1.93. The van der Waals surface area contributed by atoms with Crippen molar-refractivity contribution in [1.29, 1.82) is 0 Å². The van der Waals surface area contributed by atoms with Crippen molar-refractivity contribution >= 4 is 46.2 Å². The second-order valence-corrected chi connectivity index (χ2v) is 5.35. The van der Waals surface area contributed by atoms with Gasteiger partial charge in [-0.25, -0.2) is 0 Å². The summed E-state index contributed by atoms with van der Waals surface area (Å²) in [5.74, 6) is 0.697. The van der Waals surface area contributed by atoms with Crippen LogP contribution in [0.2, 0.25) is 0 Å². The number of hydrogen-bond acceptors (Lipinski definition) is 5. The first-order valence-corrected chi connectivity index (χ1v) is 7.10. The highest BCUT2D eigenvalue weighted by Gasteiger charge is 1.97. The molecule has 5 N–H and O–H groups in total. The zero-order chi connectivity index (χ0) is 14.8. The first-order valence-electron chi connectivity index (χ1n) is 5.71. The number of hydrogen-bond donors (Lipinski definition) is 3. The number of nitrogens with one attached hydrogen (secondary N) is 1. The Morgan fingerprint density at radius 2 is 2.00 bits per heavy atom. The molecule has 0 unspecified atom stereocenters. The summed E-state index contributed by atoms with van der Waals surface area (Å²) in [4.78, 5) is 0. The van der Waals surface area contributed by atoms with E-state index in [-0.39, 0.29) is 5.96 Å². The number of guanidine groups is 1.